The normalized spacial score (nSPS) is 10.5. The molecule has 0 bridgehead atoms. The van der Waals surface area contributed by atoms with Gasteiger partial charge in [-0.3, -0.25) is 9.59 Å². The second-order valence-corrected chi connectivity index (χ2v) is 6.14. The lowest BCUT2D eigenvalue weighted by Gasteiger charge is -2.01. The molecule has 2 N–H and O–H groups in total. The van der Waals surface area contributed by atoms with Crippen LogP contribution in [0.5, 0.6) is 0 Å². The summed E-state index contributed by atoms with van der Waals surface area (Å²) in [4.78, 5) is 25.4. The topological polar surface area (TPSA) is 87.5 Å². The molecule has 0 saturated heterocycles. The van der Waals surface area contributed by atoms with Gasteiger partial charge in [0.05, 0.1) is 17.9 Å². The number of carboxylic acid groups (broad SMARTS) is 2. The van der Waals surface area contributed by atoms with Gasteiger partial charge in [-0.1, -0.05) is 24.3 Å². The highest BCUT2D eigenvalue weighted by atomic mass is 32.2. The fourth-order valence-corrected chi connectivity index (χ4v) is 3.21. The molecule has 0 aliphatic rings. The molecule has 1 aromatic carbocycles. The molecule has 110 valence electrons. The number of nitrogens with zero attached hydrogens (tertiary/aromatic N) is 1. The number of carbonyl (C=O) groups is 2. The Morgan fingerprint density at radius 1 is 1.14 bits per heavy atom. The molecule has 0 atom stereocenters. The zero-order valence-electron chi connectivity index (χ0n) is 11.0. The smallest absolute Gasteiger partial charge is 0.313 e. The quantitative estimate of drug-likeness (QED) is 0.814. The van der Waals surface area contributed by atoms with E-state index in [9.17, 15) is 9.59 Å². The standard InChI is InChI=1S/C14H13NO4S2/c16-12(17)5-11-7-21-14(15-11)10-3-1-9(2-4-10)6-20-8-13(18)19/h1-4,7H,5-6,8H2,(H,16,17)(H,18,19). The summed E-state index contributed by atoms with van der Waals surface area (Å²) >= 11 is 2.76. The molecule has 21 heavy (non-hydrogen) atoms. The van der Waals surface area contributed by atoms with Crippen molar-refractivity contribution < 1.29 is 19.8 Å². The third-order valence-corrected chi connectivity index (χ3v) is 4.51. The fraction of sp³-hybridized carbons (Fsp3) is 0.214. The van der Waals surface area contributed by atoms with E-state index >= 15 is 0 Å². The molecule has 0 fully saturated rings. The second kappa shape index (κ2) is 7.24. The predicted molar refractivity (Wildman–Crippen MR) is 82.7 cm³/mol. The van der Waals surface area contributed by atoms with Gasteiger partial charge < -0.3 is 10.2 Å². The number of thioether (sulfide) groups is 1. The Kier molecular flexibility index (Phi) is 5.35. The monoisotopic (exact) mass is 323 g/mol. The predicted octanol–water partition coefficient (Wildman–Crippen LogP) is 2.76. The van der Waals surface area contributed by atoms with Crippen molar-refractivity contribution in [3.8, 4) is 10.6 Å². The number of rotatable bonds is 7. The molecule has 2 aromatic rings. The first-order valence-electron chi connectivity index (χ1n) is 6.09. The highest BCUT2D eigenvalue weighted by Gasteiger charge is 2.08. The van der Waals surface area contributed by atoms with Gasteiger partial charge in [-0.2, -0.15) is 0 Å². The SMILES string of the molecule is O=C(O)CSCc1ccc(-c2nc(CC(=O)O)cs2)cc1. The van der Waals surface area contributed by atoms with E-state index in [-0.39, 0.29) is 12.2 Å². The van der Waals surface area contributed by atoms with Crippen molar-refractivity contribution in [3.63, 3.8) is 0 Å². The van der Waals surface area contributed by atoms with Crippen molar-refractivity contribution in [3.05, 3.63) is 40.9 Å². The lowest BCUT2D eigenvalue weighted by Crippen LogP contribution is -1.99. The van der Waals surface area contributed by atoms with Crippen molar-refractivity contribution in [2.45, 2.75) is 12.2 Å². The Labute approximate surface area is 129 Å². The molecule has 0 unspecified atom stereocenters. The molecule has 1 aromatic heterocycles. The van der Waals surface area contributed by atoms with Crippen molar-refractivity contribution in [2.24, 2.45) is 0 Å². The number of aromatic nitrogens is 1. The molecule has 0 aliphatic heterocycles. The minimum Gasteiger partial charge on any atom is -0.481 e. The molecule has 7 heteroatoms. The van der Waals surface area contributed by atoms with Crippen LogP contribution in [0.4, 0.5) is 0 Å². The average Bonchev–Trinajstić information content (AvgIpc) is 2.87. The average molecular weight is 323 g/mol. The summed E-state index contributed by atoms with van der Waals surface area (Å²) < 4.78 is 0. The van der Waals surface area contributed by atoms with Crippen LogP contribution in [-0.4, -0.2) is 32.9 Å². The molecule has 0 saturated carbocycles. The molecule has 1 heterocycles. The molecule has 5 nitrogen and oxygen atoms in total. The molecule has 0 radical (unpaired) electrons. The summed E-state index contributed by atoms with van der Waals surface area (Å²) in [5, 5.41) is 19.8. The zero-order valence-corrected chi connectivity index (χ0v) is 12.6. The third-order valence-electron chi connectivity index (χ3n) is 2.58. The summed E-state index contributed by atoms with van der Waals surface area (Å²) in [5.74, 6) is -0.968. The number of benzene rings is 1. The molecule has 0 spiro atoms. The Morgan fingerprint density at radius 3 is 2.48 bits per heavy atom. The third kappa shape index (κ3) is 4.87. The van der Waals surface area contributed by atoms with Gasteiger partial charge in [0.15, 0.2) is 0 Å². The van der Waals surface area contributed by atoms with E-state index in [2.05, 4.69) is 4.98 Å². The van der Waals surface area contributed by atoms with Crippen molar-refractivity contribution in [2.75, 3.05) is 5.75 Å². The van der Waals surface area contributed by atoms with Gasteiger partial charge in [-0.05, 0) is 5.56 Å². The number of hydrogen-bond acceptors (Lipinski definition) is 5. The van der Waals surface area contributed by atoms with Gasteiger partial charge in [-0.25, -0.2) is 4.98 Å². The Hall–Kier alpha value is -1.86. The van der Waals surface area contributed by atoms with Gasteiger partial charge >= 0.3 is 11.9 Å². The van der Waals surface area contributed by atoms with E-state index < -0.39 is 11.9 Å². The van der Waals surface area contributed by atoms with Crippen LogP contribution < -0.4 is 0 Å². The van der Waals surface area contributed by atoms with Gasteiger partial charge in [-0.15, -0.1) is 23.1 Å². The van der Waals surface area contributed by atoms with Gasteiger partial charge in [0, 0.05) is 16.7 Å². The molecule has 0 aliphatic carbocycles. The minimum atomic E-state index is -0.891. The van der Waals surface area contributed by atoms with E-state index in [0.717, 1.165) is 16.1 Å². The number of hydrogen-bond donors (Lipinski definition) is 2. The summed E-state index contributed by atoms with van der Waals surface area (Å²) in [6.07, 6.45) is -0.0690. The summed E-state index contributed by atoms with van der Waals surface area (Å²) in [7, 11) is 0. The second-order valence-electron chi connectivity index (χ2n) is 4.30. The number of carboxylic acids is 2. The molecular formula is C14H13NO4S2. The van der Waals surface area contributed by atoms with Crippen molar-refractivity contribution in [1.82, 2.24) is 4.98 Å². The Bertz CT molecular complexity index is 637. The van der Waals surface area contributed by atoms with Crippen LogP contribution in [0.1, 0.15) is 11.3 Å². The van der Waals surface area contributed by atoms with Crippen LogP contribution in [-0.2, 0) is 21.8 Å². The number of aliphatic carboxylic acids is 2. The maximum Gasteiger partial charge on any atom is 0.313 e. The highest BCUT2D eigenvalue weighted by molar-refractivity contribution is 7.99. The van der Waals surface area contributed by atoms with E-state index in [1.165, 1.54) is 23.1 Å². The Morgan fingerprint density at radius 2 is 1.86 bits per heavy atom. The highest BCUT2D eigenvalue weighted by Crippen LogP contribution is 2.25. The maximum atomic E-state index is 10.6. The van der Waals surface area contributed by atoms with Gasteiger partial charge in [0.1, 0.15) is 5.01 Å². The van der Waals surface area contributed by atoms with Crippen LogP contribution in [0.3, 0.4) is 0 Å². The lowest BCUT2D eigenvalue weighted by atomic mass is 10.1. The minimum absolute atomic E-state index is 0.0690. The molecular weight excluding hydrogens is 310 g/mol. The Balaban J connectivity index is 1.99. The summed E-state index contributed by atoms with van der Waals surface area (Å²) in [6.45, 7) is 0. The van der Waals surface area contributed by atoms with E-state index in [1.807, 2.05) is 24.3 Å². The molecule has 2 rings (SSSR count). The van der Waals surface area contributed by atoms with Crippen LogP contribution in [0.15, 0.2) is 29.6 Å². The van der Waals surface area contributed by atoms with Crippen LogP contribution in [0.25, 0.3) is 10.6 Å². The summed E-state index contributed by atoms with van der Waals surface area (Å²) in [6, 6.07) is 7.70. The molecule has 0 amide bonds. The largest absolute Gasteiger partial charge is 0.481 e. The first kappa shape index (κ1) is 15.5. The lowest BCUT2D eigenvalue weighted by molar-refractivity contribution is -0.136. The maximum absolute atomic E-state index is 10.6. The van der Waals surface area contributed by atoms with Crippen LogP contribution in [0, 0.1) is 0 Å². The summed E-state index contributed by atoms with van der Waals surface area (Å²) in [5.41, 5.74) is 2.54. The van der Waals surface area contributed by atoms with Crippen LogP contribution >= 0.6 is 23.1 Å². The van der Waals surface area contributed by atoms with E-state index in [4.69, 9.17) is 10.2 Å². The van der Waals surface area contributed by atoms with Gasteiger partial charge in [0.2, 0.25) is 0 Å². The first-order chi connectivity index (χ1) is 10.0. The fourth-order valence-electron chi connectivity index (χ4n) is 1.68. The van der Waals surface area contributed by atoms with Crippen molar-refractivity contribution in [1.29, 1.82) is 0 Å². The van der Waals surface area contributed by atoms with Crippen LogP contribution in [0.2, 0.25) is 0 Å². The van der Waals surface area contributed by atoms with Gasteiger partial charge in [0.25, 0.3) is 0 Å². The number of thiazole rings is 1. The van der Waals surface area contributed by atoms with E-state index in [1.54, 1.807) is 5.38 Å². The first-order valence-corrected chi connectivity index (χ1v) is 8.13. The van der Waals surface area contributed by atoms with Crippen molar-refractivity contribution >= 4 is 35.0 Å². The van der Waals surface area contributed by atoms with E-state index in [0.29, 0.717) is 11.4 Å². The zero-order chi connectivity index (χ0) is 15.2.